The van der Waals surface area contributed by atoms with Crippen LogP contribution in [-0.2, 0) is 17.8 Å². The summed E-state index contributed by atoms with van der Waals surface area (Å²) in [6.07, 6.45) is 3.18. The van der Waals surface area contributed by atoms with Gasteiger partial charge in [0.1, 0.15) is 16.5 Å². The normalized spacial score (nSPS) is 16.2. The smallest absolute Gasteiger partial charge is 0.150 e. The number of hydrogen-bond acceptors (Lipinski definition) is 6. The number of rotatable bonds is 4. The molecule has 6 heteroatoms. The van der Waals surface area contributed by atoms with Crippen LogP contribution in [0.15, 0.2) is 6.07 Å². The van der Waals surface area contributed by atoms with Crippen molar-refractivity contribution in [3.63, 3.8) is 0 Å². The summed E-state index contributed by atoms with van der Waals surface area (Å²) in [6.45, 7) is 10.1. The van der Waals surface area contributed by atoms with Gasteiger partial charge in [0.2, 0.25) is 0 Å². The van der Waals surface area contributed by atoms with Crippen LogP contribution in [-0.4, -0.2) is 34.1 Å². The molecular formula is C20H26N4OS. The molecule has 4 heterocycles. The highest BCUT2D eigenvalue weighted by molar-refractivity contribution is 7.25. The maximum atomic E-state index is 5.98. The molecule has 0 aliphatic carbocycles. The second kappa shape index (κ2) is 6.43. The Kier molecular flexibility index (Phi) is 4.35. The van der Waals surface area contributed by atoms with E-state index in [1.54, 1.807) is 11.3 Å². The molecule has 0 saturated carbocycles. The van der Waals surface area contributed by atoms with Gasteiger partial charge in [-0.05, 0) is 33.3 Å². The van der Waals surface area contributed by atoms with E-state index in [1.807, 2.05) is 6.92 Å². The molecule has 26 heavy (non-hydrogen) atoms. The van der Waals surface area contributed by atoms with Gasteiger partial charge >= 0.3 is 0 Å². The van der Waals surface area contributed by atoms with E-state index in [0.717, 1.165) is 57.2 Å². The van der Waals surface area contributed by atoms with Gasteiger partial charge in [-0.3, -0.25) is 0 Å². The summed E-state index contributed by atoms with van der Waals surface area (Å²) in [5.74, 6) is 1.84. The van der Waals surface area contributed by atoms with Crippen LogP contribution in [0.25, 0.3) is 20.4 Å². The molecule has 0 aromatic carbocycles. The molecule has 4 rings (SSSR count). The summed E-state index contributed by atoms with van der Waals surface area (Å²) in [5, 5.41) is 1.13. The number of anilines is 1. The Balaban J connectivity index is 1.89. The van der Waals surface area contributed by atoms with Gasteiger partial charge in [-0.1, -0.05) is 13.3 Å². The van der Waals surface area contributed by atoms with Crippen molar-refractivity contribution >= 4 is 37.6 Å². The fraction of sp³-hybridized carbons (Fsp3) is 0.550. The van der Waals surface area contributed by atoms with Gasteiger partial charge < -0.3 is 9.64 Å². The van der Waals surface area contributed by atoms with E-state index in [4.69, 9.17) is 19.7 Å². The number of unbranched alkanes of at least 4 members (excludes halogenated alkanes) is 1. The van der Waals surface area contributed by atoms with Crippen molar-refractivity contribution in [1.82, 2.24) is 15.0 Å². The Hall–Kier alpha value is -1.79. The molecule has 0 bridgehead atoms. The van der Waals surface area contributed by atoms with Crippen molar-refractivity contribution in [3.8, 4) is 0 Å². The van der Waals surface area contributed by atoms with Crippen LogP contribution < -0.4 is 4.90 Å². The van der Waals surface area contributed by atoms with Crippen LogP contribution in [0.5, 0.6) is 0 Å². The van der Waals surface area contributed by atoms with Crippen LogP contribution in [0.1, 0.15) is 50.7 Å². The lowest BCUT2D eigenvalue weighted by molar-refractivity contribution is -0.0411. The average molecular weight is 371 g/mol. The van der Waals surface area contributed by atoms with E-state index >= 15 is 0 Å². The first-order valence-corrected chi connectivity index (χ1v) is 10.1. The Labute approximate surface area is 158 Å². The summed E-state index contributed by atoms with van der Waals surface area (Å²) in [5.41, 5.74) is 3.22. The first kappa shape index (κ1) is 17.6. The van der Waals surface area contributed by atoms with Crippen LogP contribution in [0.3, 0.4) is 0 Å². The minimum absolute atomic E-state index is 0.147. The molecule has 5 nitrogen and oxygen atoms in total. The maximum Gasteiger partial charge on any atom is 0.150 e. The second-order valence-corrected chi connectivity index (χ2v) is 8.82. The summed E-state index contributed by atoms with van der Waals surface area (Å²) in [4.78, 5) is 17.8. The summed E-state index contributed by atoms with van der Waals surface area (Å²) < 4.78 is 7.12. The number of hydrogen-bond donors (Lipinski definition) is 0. The molecule has 1 aliphatic heterocycles. The van der Waals surface area contributed by atoms with Crippen molar-refractivity contribution in [2.24, 2.45) is 0 Å². The van der Waals surface area contributed by atoms with Crippen molar-refractivity contribution in [3.05, 3.63) is 23.1 Å². The third-order valence-corrected chi connectivity index (χ3v) is 6.07. The van der Waals surface area contributed by atoms with Crippen LogP contribution in [0.4, 0.5) is 5.82 Å². The molecule has 3 aromatic heterocycles. The molecule has 1 aliphatic rings. The molecule has 0 fully saturated rings. The first-order chi connectivity index (χ1) is 12.4. The van der Waals surface area contributed by atoms with Crippen molar-refractivity contribution in [2.75, 3.05) is 18.5 Å². The molecule has 0 unspecified atom stereocenters. The largest absolute Gasteiger partial charge is 0.370 e. The average Bonchev–Trinajstić information content (AvgIpc) is 2.93. The fourth-order valence-corrected chi connectivity index (χ4v) is 4.67. The number of ether oxygens (including phenoxy) is 1. The monoisotopic (exact) mass is 370 g/mol. The van der Waals surface area contributed by atoms with E-state index < -0.39 is 0 Å². The number of fused-ring (bicyclic) bond motifs is 4. The van der Waals surface area contributed by atoms with E-state index in [0.29, 0.717) is 6.61 Å². The minimum Gasteiger partial charge on any atom is -0.370 e. The minimum atomic E-state index is -0.147. The predicted octanol–water partition coefficient (Wildman–Crippen LogP) is 4.64. The Morgan fingerprint density at radius 3 is 2.85 bits per heavy atom. The molecular weight excluding hydrogens is 344 g/mol. The topological polar surface area (TPSA) is 51.1 Å². The first-order valence-electron chi connectivity index (χ1n) is 9.32. The van der Waals surface area contributed by atoms with Crippen molar-refractivity contribution in [1.29, 1.82) is 0 Å². The lowest BCUT2D eigenvalue weighted by Gasteiger charge is -2.30. The fourth-order valence-electron chi connectivity index (χ4n) is 3.51. The molecule has 3 aromatic rings. The molecule has 0 atom stereocenters. The number of thiophene rings is 1. The molecule has 138 valence electrons. The van der Waals surface area contributed by atoms with E-state index in [2.05, 4.69) is 38.8 Å². The SMILES string of the molecule is CCCCN(C)c1nc(C)nc2c1sc1nc3c(cc12)COC(C)(C)C3. The van der Waals surface area contributed by atoms with Gasteiger partial charge in [0, 0.05) is 31.0 Å². The lowest BCUT2D eigenvalue weighted by Crippen LogP contribution is -2.32. The predicted molar refractivity (Wildman–Crippen MR) is 108 cm³/mol. The highest BCUT2D eigenvalue weighted by Crippen LogP contribution is 2.39. The van der Waals surface area contributed by atoms with Gasteiger partial charge in [0.05, 0.1) is 28.1 Å². The third kappa shape index (κ3) is 3.05. The zero-order chi connectivity index (χ0) is 18.5. The number of nitrogens with zero attached hydrogens (tertiary/aromatic N) is 4. The highest BCUT2D eigenvalue weighted by atomic mass is 32.1. The zero-order valence-electron chi connectivity index (χ0n) is 16.2. The van der Waals surface area contributed by atoms with Crippen molar-refractivity contribution in [2.45, 2.75) is 59.2 Å². The van der Waals surface area contributed by atoms with Gasteiger partial charge in [0.15, 0.2) is 0 Å². The van der Waals surface area contributed by atoms with Gasteiger partial charge in [-0.25, -0.2) is 15.0 Å². The summed E-state index contributed by atoms with van der Waals surface area (Å²) in [6, 6.07) is 2.23. The van der Waals surface area contributed by atoms with Gasteiger partial charge in [-0.2, -0.15) is 0 Å². The highest BCUT2D eigenvalue weighted by Gasteiger charge is 2.28. The van der Waals surface area contributed by atoms with Gasteiger partial charge in [0.25, 0.3) is 0 Å². The molecule has 0 saturated heterocycles. The maximum absolute atomic E-state index is 5.98. The van der Waals surface area contributed by atoms with Crippen LogP contribution in [0, 0.1) is 6.92 Å². The molecule has 0 spiro atoms. The van der Waals surface area contributed by atoms with Crippen LogP contribution >= 0.6 is 11.3 Å². The third-order valence-electron chi connectivity index (χ3n) is 4.99. The van der Waals surface area contributed by atoms with E-state index in [1.165, 1.54) is 12.0 Å². The van der Waals surface area contributed by atoms with Gasteiger partial charge in [-0.15, -0.1) is 11.3 Å². The molecule has 0 N–H and O–H groups in total. The lowest BCUT2D eigenvalue weighted by atomic mass is 9.95. The quantitative estimate of drug-likeness (QED) is 0.670. The summed E-state index contributed by atoms with van der Waals surface area (Å²) >= 11 is 1.71. The second-order valence-electron chi connectivity index (χ2n) is 7.82. The Bertz CT molecular complexity index is 979. The zero-order valence-corrected chi connectivity index (χ0v) is 17.0. The number of aryl methyl sites for hydroxylation is 1. The van der Waals surface area contributed by atoms with Crippen molar-refractivity contribution < 1.29 is 4.74 Å². The summed E-state index contributed by atoms with van der Waals surface area (Å²) in [7, 11) is 2.12. The molecule has 0 amide bonds. The molecule has 0 radical (unpaired) electrons. The number of aromatic nitrogens is 3. The Morgan fingerprint density at radius 2 is 2.08 bits per heavy atom. The van der Waals surface area contributed by atoms with Crippen LogP contribution in [0.2, 0.25) is 0 Å². The standard InChI is InChI=1S/C20H26N4OS/c1-6-7-8-24(5)18-17-16(21-12(2)22-18)14-9-13-11-25-20(3,4)10-15(13)23-19(14)26-17/h9H,6-8,10-11H2,1-5H3. The van der Waals surface area contributed by atoms with E-state index in [-0.39, 0.29) is 5.60 Å². The number of pyridine rings is 1. The Morgan fingerprint density at radius 1 is 1.27 bits per heavy atom. The van der Waals surface area contributed by atoms with E-state index in [9.17, 15) is 0 Å².